The molecular formula is C17H26NO2+. The summed E-state index contributed by atoms with van der Waals surface area (Å²) in [7, 11) is 0. The summed E-state index contributed by atoms with van der Waals surface area (Å²) >= 11 is 0. The molecule has 3 nitrogen and oxygen atoms in total. The monoisotopic (exact) mass is 276 g/mol. The molecule has 1 heterocycles. The molecule has 1 fully saturated rings. The summed E-state index contributed by atoms with van der Waals surface area (Å²) < 4.78 is 5.43. The molecule has 1 unspecified atom stereocenters. The van der Waals surface area contributed by atoms with Gasteiger partial charge < -0.3 is 9.64 Å². The second-order valence-electron chi connectivity index (χ2n) is 5.98. The van der Waals surface area contributed by atoms with Crippen molar-refractivity contribution in [3.05, 3.63) is 35.9 Å². The van der Waals surface area contributed by atoms with Crippen LogP contribution in [-0.4, -0.2) is 31.2 Å². The predicted octanol–water partition coefficient (Wildman–Crippen LogP) is 1.47. The molecule has 4 atom stereocenters. The van der Waals surface area contributed by atoms with Gasteiger partial charge in [0, 0.05) is 25.7 Å². The van der Waals surface area contributed by atoms with E-state index in [9.17, 15) is 4.79 Å². The van der Waals surface area contributed by atoms with Crippen LogP contribution in [0.5, 0.6) is 0 Å². The van der Waals surface area contributed by atoms with E-state index >= 15 is 0 Å². The summed E-state index contributed by atoms with van der Waals surface area (Å²) in [5.41, 5.74) is 1.40. The topological polar surface area (TPSA) is 30.7 Å². The van der Waals surface area contributed by atoms with Gasteiger partial charge in [-0.2, -0.15) is 0 Å². The zero-order valence-electron chi connectivity index (χ0n) is 12.8. The van der Waals surface area contributed by atoms with E-state index in [0.29, 0.717) is 12.0 Å². The van der Waals surface area contributed by atoms with Gasteiger partial charge in [-0.1, -0.05) is 37.3 Å². The van der Waals surface area contributed by atoms with Crippen LogP contribution in [0.3, 0.4) is 0 Å². The standard InChI is InChI=1S/C17H25NO2/c1-13-14(2)18(12-10-17(13)20-15(3)19)11-9-16-7-5-4-6-8-16/h4-8,13-14,17H,9-12H2,1-3H3/p+1/t13-,14+,17-/m0/s1. The number of esters is 1. The van der Waals surface area contributed by atoms with Gasteiger partial charge in [0.2, 0.25) is 0 Å². The first-order valence-electron chi connectivity index (χ1n) is 7.63. The van der Waals surface area contributed by atoms with Crippen LogP contribution in [0.15, 0.2) is 30.3 Å². The van der Waals surface area contributed by atoms with Crippen molar-refractivity contribution in [2.75, 3.05) is 13.1 Å². The SMILES string of the molecule is CC(=O)O[C@H]1CC[NH+](CCc2ccccc2)[C@H](C)[C@@H]1C. The summed E-state index contributed by atoms with van der Waals surface area (Å²) in [6.45, 7) is 8.24. The average molecular weight is 276 g/mol. The molecule has 0 aliphatic carbocycles. The molecule has 110 valence electrons. The number of benzene rings is 1. The number of carbonyl (C=O) groups excluding carboxylic acids is 1. The Labute approximate surface area is 121 Å². The van der Waals surface area contributed by atoms with Crippen molar-refractivity contribution in [2.24, 2.45) is 5.92 Å². The number of nitrogens with one attached hydrogen (secondary N) is 1. The van der Waals surface area contributed by atoms with Crippen LogP contribution in [0, 0.1) is 5.92 Å². The summed E-state index contributed by atoms with van der Waals surface area (Å²) in [4.78, 5) is 12.8. The molecule has 1 aromatic rings. The van der Waals surface area contributed by atoms with Gasteiger partial charge in [0.25, 0.3) is 0 Å². The molecule has 0 spiro atoms. The third kappa shape index (κ3) is 3.83. The number of hydrogen-bond acceptors (Lipinski definition) is 2. The van der Waals surface area contributed by atoms with Gasteiger partial charge in [0.15, 0.2) is 0 Å². The number of carbonyl (C=O) groups is 1. The van der Waals surface area contributed by atoms with E-state index < -0.39 is 0 Å². The van der Waals surface area contributed by atoms with Crippen molar-refractivity contribution in [3.8, 4) is 0 Å². The number of likely N-dealkylation sites (tertiary alicyclic amines) is 1. The Morgan fingerprint density at radius 3 is 2.65 bits per heavy atom. The Kier molecular flexibility index (Phi) is 5.18. The summed E-state index contributed by atoms with van der Waals surface area (Å²) in [5, 5.41) is 0. The molecule has 1 aliphatic rings. The fourth-order valence-electron chi connectivity index (χ4n) is 3.19. The van der Waals surface area contributed by atoms with Gasteiger partial charge in [0.1, 0.15) is 6.10 Å². The fraction of sp³-hybridized carbons (Fsp3) is 0.588. The van der Waals surface area contributed by atoms with Gasteiger partial charge in [-0.05, 0) is 12.5 Å². The maximum absolute atomic E-state index is 11.1. The predicted molar refractivity (Wildman–Crippen MR) is 79.6 cm³/mol. The van der Waals surface area contributed by atoms with Gasteiger partial charge in [0.05, 0.1) is 19.1 Å². The van der Waals surface area contributed by atoms with Crippen LogP contribution in [-0.2, 0) is 16.0 Å². The molecule has 1 aliphatic heterocycles. The third-order valence-corrected chi connectivity index (χ3v) is 4.66. The van der Waals surface area contributed by atoms with Crippen LogP contribution in [0.2, 0.25) is 0 Å². The first-order valence-corrected chi connectivity index (χ1v) is 7.63. The Morgan fingerprint density at radius 2 is 2.00 bits per heavy atom. The maximum atomic E-state index is 11.1. The first-order chi connectivity index (χ1) is 9.58. The van der Waals surface area contributed by atoms with Gasteiger partial charge in [-0.15, -0.1) is 0 Å². The largest absolute Gasteiger partial charge is 0.462 e. The highest BCUT2D eigenvalue weighted by Gasteiger charge is 2.37. The minimum atomic E-state index is -0.151. The molecule has 0 aromatic heterocycles. The lowest BCUT2D eigenvalue weighted by Gasteiger charge is -2.39. The summed E-state index contributed by atoms with van der Waals surface area (Å²) in [5.74, 6) is 0.278. The van der Waals surface area contributed by atoms with Crippen LogP contribution >= 0.6 is 0 Å². The van der Waals surface area contributed by atoms with Gasteiger partial charge >= 0.3 is 5.97 Å². The molecule has 0 amide bonds. The zero-order chi connectivity index (χ0) is 14.5. The molecule has 3 heteroatoms. The second-order valence-corrected chi connectivity index (χ2v) is 5.98. The number of rotatable bonds is 4. The van der Waals surface area contributed by atoms with E-state index in [-0.39, 0.29) is 12.1 Å². The van der Waals surface area contributed by atoms with Crippen molar-refractivity contribution >= 4 is 5.97 Å². The third-order valence-electron chi connectivity index (χ3n) is 4.66. The minimum absolute atomic E-state index is 0.1000. The molecule has 0 saturated carbocycles. The van der Waals surface area contributed by atoms with E-state index in [1.807, 2.05) is 0 Å². The Hall–Kier alpha value is -1.35. The van der Waals surface area contributed by atoms with E-state index in [0.717, 1.165) is 25.9 Å². The molecule has 1 aromatic carbocycles. The Balaban J connectivity index is 1.87. The molecule has 0 radical (unpaired) electrons. The number of piperidine rings is 1. The molecule has 20 heavy (non-hydrogen) atoms. The molecule has 2 rings (SSSR count). The second kappa shape index (κ2) is 6.89. The van der Waals surface area contributed by atoms with Crippen molar-refractivity contribution in [2.45, 2.75) is 45.8 Å². The number of hydrogen-bond donors (Lipinski definition) is 1. The normalized spacial score (nSPS) is 29.9. The summed E-state index contributed by atoms with van der Waals surface area (Å²) in [6, 6.07) is 11.2. The quantitative estimate of drug-likeness (QED) is 0.844. The highest BCUT2D eigenvalue weighted by Crippen LogP contribution is 2.17. The minimum Gasteiger partial charge on any atom is -0.462 e. The maximum Gasteiger partial charge on any atom is 0.302 e. The van der Waals surface area contributed by atoms with Crippen LogP contribution in [0.4, 0.5) is 0 Å². The highest BCUT2D eigenvalue weighted by molar-refractivity contribution is 5.66. The van der Waals surface area contributed by atoms with Crippen molar-refractivity contribution in [1.82, 2.24) is 0 Å². The lowest BCUT2D eigenvalue weighted by atomic mass is 9.88. The van der Waals surface area contributed by atoms with Crippen molar-refractivity contribution < 1.29 is 14.4 Å². The first kappa shape index (κ1) is 15.0. The molecule has 0 bridgehead atoms. The Morgan fingerprint density at radius 1 is 1.30 bits per heavy atom. The van der Waals surface area contributed by atoms with Crippen LogP contribution in [0.1, 0.15) is 32.8 Å². The van der Waals surface area contributed by atoms with E-state index in [4.69, 9.17) is 4.74 Å². The van der Waals surface area contributed by atoms with Gasteiger partial charge in [-0.3, -0.25) is 4.79 Å². The fourth-order valence-corrected chi connectivity index (χ4v) is 3.19. The molecule has 1 N–H and O–H groups in total. The van der Waals surface area contributed by atoms with E-state index in [1.165, 1.54) is 12.5 Å². The van der Waals surface area contributed by atoms with E-state index in [2.05, 4.69) is 44.2 Å². The number of ether oxygens (including phenoxy) is 1. The summed E-state index contributed by atoms with van der Waals surface area (Å²) in [6.07, 6.45) is 2.20. The average Bonchev–Trinajstić information content (AvgIpc) is 2.44. The lowest BCUT2D eigenvalue weighted by molar-refractivity contribution is -0.933. The van der Waals surface area contributed by atoms with Crippen LogP contribution in [0.25, 0.3) is 0 Å². The van der Waals surface area contributed by atoms with E-state index in [1.54, 1.807) is 4.90 Å². The zero-order valence-corrected chi connectivity index (χ0v) is 12.8. The lowest BCUT2D eigenvalue weighted by Crippen LogP contribution is -3.17. The van der Waals surface area contributed by atoms with Crippen molar-refractivity contribution in [1.29, 1.82) is 0 Å². The number of quaternary nitrogens is 1. The molecular weight excluding hydrogens is 250 g/mol. The van der Waals surface area contributed by atoms with Crippen LogP contribution < -0.4 is 4.90 Å². The highest BCUT2D eigenvalue weighted by atomic mass is 16.5. The smallest absolute Gasteiger partial charge is 0.302 e. The Bertz CT molecular complexity index is 432. The van der Waals surface area contributed by atoms with Gasteiger partial charge in [-0.25, -0.2) is 0 Å². The van der Waals surface area contributed by atoms with Crippen molar-refractivity contribution in [3.63, 3.8) is 0 Å². The molecule has 1 saturated heterocycles.